The Morgan fingerprint density at radius 3 is 2.02 bits per heavy atom. The lowest BCUT2D eigenvalue weighted by Gasteiger charge is -2.44. The third kappa shape index (κ3) is 8.87. The second-order valence-electron chi connectivity index (χ2n) is 13.6. The zero-order valence-corrected chi connectivity index (χ0v) is 33.2. The van der Waals surface area contributed by atoms with Crippen LogP contribution in [0.5, 0.6) is 11.5 Å². The number of rotatable bonds is 16. The molecule has 0 bridgehead atoms. The first-order chi connectivity index (χ1) is 26.5. The number of nitriles is 1. The summed E-state index contributed by atoms with van der Waals surface area (Å²) < 4.78 is 34.5. The Hall–Kier alpha value is -4.78. The first-order valence-corrected chi connectivity index (χ1v) is 19.3. The van der Waals surface area contributed by atoms with Crippen molar-refractivity contribution in [2.75, 3.05) is 20.8 Å². The van der Waals surface area contributed by atoms with Crippen molar-refractivity contribution in [2.45, 2.75) is 89.5 Å². The van der Waals surface area contributed by atoms with Crippen LogP contribution in [0.15, 0.2) is 94.6 Å². The molecule has 2 heterocycles. The molecule has 290 valence electrons. The van der Waals surface area contributed by atoms with E-state index in [1.54, 1.807) is 21.1 Å². The van der Waals surface area contributed by atoms with Gasteiger partial charge in [-0.25, -0.2) is 9.46 Å². The Labute approximate surface area is 323 Å². The van der Waals surface area contributed by atoms with E-state index in [-0.39, 0.29) is 37.1 Å². The summed E-state index contributed by atoms with van der Waals surface area (Å²) in [7, 11) is 1.38. The predicted molar refractivity (Wildman–Crippen MR) is 211 cm³/mol. The normalized spacial score (nSPS) is 18.1. The van der Waals surface area contributed by atoms with Crippen LogP contribution < -0.4 is 20.7 Å². The van der Waals surface area contributed by atoms with Crippen molar-refractivity contribution in [3.63, 3.8) is 0 Å². The number of methoxy groups -OCH3 is 2. The molecular formula is C42H49N4O8P. The molecule has 12 nitrogen and oxygen atoms in total. The Balaban J connectivity index is 1.75. The van der Waals surface area contributed by atoms with Crippen molar-refractivity contribution in [3.8, 4) is 29.4 Å². The van der Waals surface area contributed by atoms with Crippen molar-refractivity contribution >= 4 is 8.53 Å². The second kappa shape index (κ2) is 18.7. The van der Waals surface area contributed by atoms with E-state index in [4.69, 9.17) is 23.3 Å². The topological polar surface area (TPSA) is 148 Å². The van der Waals surface area contributed by atoms with Crippen LogP contribution in [0.4, 0.5) is 0 Å². The van der Waals surface area contributed by atoms with Crippen LogP contribution in [0, 0.1) is 23.2 Å². The molecule has 5 atom stereocenters. The molecule has 2 N–H and O–H groups in total. The molecule has 13 heteroatoms. The summed E-state index contributed by atoms with van der Waals surface area (Å²) >= 11 is 0. The lowest BCUT2D eigenvalue weighted by molar-refractivity contribution is -0.0953. The van der Waals surface area contributed by atoms with Crippen LogP contribution in [0.25, 0.3) is 0 Å². The number of aliphatic hydroxyl groups is 1. The van der Waals surface area contributed by atoms with Gasteiger partial charge in [-0.05, 0) is 75.6 Å². The van der Waals surface area contributed by atoms with Gasteiger partial charge in [-0.2, -0.15) is 5.26 Å². The monoisotopic (exact) mass is 768 g/mol. The van der Waals surface area contributed by atoms with Gasteiger partial charge in [0.25, 0.3) is 14.1 Å². The quantitative estimate of drug-likeness (QED) is 0.0579. The highest BCUT2D eigenvalue weighted by Gasteiger charge is 2.54. The second-order valence-corrected chi connectivity index (χ2v) is 15.0. The molecule has 55 heavy (non-hydrogen) atoms. The number of aliphatic hydroxyl groups excluding tert-OH is 1. The highest BCUT2D eigenvalue weighted by molar-refractivity contribution is 7.44. The first-order valence-electron chi connectivity index (χ1n) is 18.2. The fourth-order valence-electron chi connectivity index (χ4n) is 7.22. The number of benzene rings is 3. The van der Waals surface area contributed by atoms with Gasteiger partial charge in [0.05, 0.1) is 44.8 Å². The molecule has 0 spiro atoms. The largest absolute Gasteiger partial charge is 0.497 e. The Kier molecular flexibility index (Phi) is 14.1. The van der Waals surface area contributed by atoms with Gasteiger partial charge >= 0.3 is 5.69 Å². The Morgan fingerprint density at radius 1 is 0.945 bits per heavy atom. The van der Waals surface area contributed by atoms with Gasteiger partial charge in [0.2, 0.25) is 0 Å². The van der Waals surface area contributed by atoms with Crippen molar-refractivity contribution in [1.29, 1.82) is 5.26 Å². The minimum absolute atomic E-state index is 0.00584. The standard InChI is InChI=1S/C42H49N4O8P/c1-8-13-30-27-45(41(49)44-40(30)48)37-26-36(54-55(52-25-12-24-43)46(28(2)3)29(4)5)38(53-37)39(47)42(31-14-10-9-11-15-31,32-16-20-34(50-6)21-17-32)33-18-22-35(51-7)23-19-33/h9-11,14-23,27-29,36-39,47H,12,25-26H2,1-7H3,(H,44,48,49)/t36-,37+,38-,39?,55?/m0/s1. The van der Waals surface area contributed by atoms with Crippen molar-refractivity contribution in [2.24, 2.45) is 0 Å². The third-order valence-electron chi connectivity index (χ3n) is 9.61. The average Bonchev–Trinajstić information content (AvgIpc) is 3.60. The van der Waals surface area contributed by atoms with Crippen LogP contribution in [-0.4, -0.2) is 70.6 Å². The lowest BCUT2D eigenvalue weighted by Crippen LogP contribution is -2.52. The molecule has 0 radical (unpaired) electrons. The number of nitrogens with zero attached hydrogens (tertiary/aromatic N) is 3. The highest BCUT2D eigenvalue weighted by Crippen LogP contribution is 2.53. The molecule has 0 saturated carbocycles. The Bertz CT molecular complexity index is 2030. The minimum Gasteiger partial charge on any atom is -0.497 e. The maximum absolute atomic E-state index is 13.4. The van der Waals surface area contributed by atoms with Crippen molar-refractivity contribution in [3.05, 3.63) is 128 Å². The summed E-state index contributed by atoms with van der Waals surface area (Å²) in [6, 6.07) is 26.8. The summed E-state index contributed by atoms with van der Waals surface area (Å²) in [6.45, 7) is 9.88. The molecule has 4 aromatic rings. The van der Waals surface area contributed by atoms with Gasteiger partial charge in [-0.15, -0.1) is 5.92 Å². The van der Waals surface area contributed by atoms with Crippen molar-refractivity contribution in [1.82, 2.24) is 14.2 Å². The zero-order chi connectivity index (χ0) is 39.7. The number of hydrogen-bond donors (Lipinski definition) is 2. The summed E-state index contributed by atoms with van der Waals surface area (Å²) in [4.78, 5) is 28.5. The molecule has 1 fully saturated rings. The maximum Gasteiger partial charge on any atom is 0.330 e. The van der Waals surface area contributed by atoms with E-state index >= 15 is 0 Å². The average molecular weight is 769 g/mol. The van der Waals surface area contributed by atoms with Gasteiger partial charge in [-0.1, -0.05) is 60.5 Å². The number of hydrogen-bond acceptors (Lipinski definition) is 10. The van der Waals surface area contributed by atoms with Gasteiger partial charge in [0.1, 0.15) is 35.5 Å². The third-order valence-corrected chi connectivity index (χ3v) is 11.8. The smallest absolute Gasteiger partial charge is 0.330 e. The van der Waals surface area contributed by atoms with E-state index in [0.29, 0.717) is 11.5 Å². The van der Waals surface area contributed by atoms with Crippen molar-refractivity contribution < 1.29 is 28.4 Å². The number of aromatic amines is 1. The molecule has 1 saturated heterocycles. The van der Waals surface area contributed by atoms with E-state index in [9.17, 15) is 20.0 Å². The SMILES string of the molecule is CC#Cc1cn([C@H]2C[C@H](OP(OCCC#N)N(C(C)C)C(C)C)[C@@H](C(O)C(c3ccccc3)(c3ccc(OC)cc3)c3ccc(OC)cc3)O2)c(=O)[nH]c1=O. The minimum atomic E-state index is -1.81. The zero-order valence-electron chi connectivity index (χ0n) is 32.3. The van der Waals surface area contributed by atoms with E-state index in [0.717, 1.165) is 16.7 Å². The van der Waals surface area contributed by atoms with E-state index in [2.05, 4.69) is 27.6 Å². The molecule has 2 unspecified atom stereocenters. The van der Waals surface area contributed by atoms with Crippen LogP contribution in [0.2, 0.25) is 0 Å². The molecule has 1 aliphatic rings. The van der Waals surface area contributed by atoms with Crippen LogP contribution >= 0.6 is 8.53 Å². The molecule has 1 aliphatic heterocycles. The van der Waals surface area contributed by atoms with Crippen LogP contribution in [0.3, 0.4) is 0 Å². The van der Waals surface area contributed by atoms with E-state index in [1.165, 1.54) is 10.8 Å². The fourth-order valence-corrected chi connectivity index (χ4v) is 8.96. The van der Waals surface area contributed by atoms with Gasteiger partial charge in [0.15, 0.2) is 0 Å². The van der Waals surface area contributed by atoms with Crippen LogP contribution in [-0.2, 0) is 19.2 Å². The molecule has 0 amide bonds. The fraction of sp³-hybridized carbons (Fsp3) is 0.405. The highest BCUT2D eigenvalue weighted by atomic mass is 31.2. The number of ether oxygens (including phenoxy) is 3. The molecule has 5 rings (SSSR count). The van der Waals surface area contributed by atoms with E-state index < -0.39 is 49.7 Å². The number of nitrogens with one attached hydrogen (secondary N) is 1. The molecule has 0 aliphatic carbocycles. The van der Waals surface area contributed by atoms with Crippen LogP contribution in [0.1, 0.15) is 75.9 Å². The summed E-state index contributed by atoms with van der Waals surface area (Å²) in [6.07, 6.45) is -2.63. The Morgan fingerprint density at radius 2 is 1.51 bits per heavy atom. The summed E-state index contributed by atoms with van der Waals surface area (Å²) in [5, 5.41) is 22.7. The maximum atomic E-state index is 13.4. The molecular weight excluding hydrogens is 719 g/mol. The summed E-state index contributed by atoms with van der Waals surface area (Å²) in [5.74, 6) is 6.76. The van der Waals surface area contributed by atoms with Gasteiger partial charge < -0.3 is 28.4 Å². The number of aromatic nitrogens is 2. The van der Waals surface area contributed by atoms with E-state index in [1.807, 2.05) is 107 Å². The first kappa shape index (κ1) is 41.4. The van der Waals surface area contributed by atoms with Gasteiger partial charge in [-0.3, -0.25) is 14.3 Å². The number of H-pyrrole nitrogens is 1. The molecule has 3 aromatic carbocycles. The lowest BCUT2D eigenvalue weighted by atomic mass is 9.64. The predicted octanol–water partition coefficient (Wildman–Crippen LogP) is 6.27. The summed E-state index contributed by atoms with van der Waals surface area (Å²) in [5.41, 5.74) is -0.246. The van der Waals surface area contributed by atoms with Gasteiger partial charge in [0, 0.05) is 24.7 Å². The molecule has 1 aromatic heterocycles.